The van der Waals surface area contributed by atoms with E-state index in [4.69, 9.17) is 16.4 Å². The van der Waals surface area contributed by atoms with Gasteiger partial charge in [-0.05, 0) is 40.2 Å². The van der Waals surface area contributed by atoms with Crippen LogP contribution in [0.25, 0.3) is 0 Å². The molecule has 1 amide bonds. The highest BCUT2D eigenvalue weighted by Gasteiger charge is 2.22. The Balaban J connectivity index is 2.28. The molecule has 0 saturated heterocycles. The molecule has 10 heteroatoms. The van der Waals surface area contributed by atoms with Gasteiger partial charge in [0, 0.05) is 12.6 Å². The third kappa shape index (κ3) is 4.11. The van der Waals surface area contributed by atoms with Crippen LogP contribution in [0, 0.1) is 0 Å². The van der Waals surface area contributed by atoms with Gasteiger partial charge in [-0.25, -0.2) is 13.4 Å². The van der Waals surface area contributed by atoms with Gasteiger partial charge in [0.1, 0.15) is 5.15 Å². The average Bonchev–Trinajstić information content (AvgIpc) is 2.57. The molecule has 1 heterocycles. The van der Waals surface area contributed by atoms with Crippen LogP contribution in [-0.4, -0.2) is 37.9 Å². The number of hydrogen-bond acceptors (Lipinski definition) is 5. The summed E-state index contributed by atoms with van der Waals surface area (Å²) in [5.74, 6) is -0.483. The van der Waals surface area contributed by atoms with Crippen molar-refractivity contribution in [3.05, 3.63) is 51.7 Å². The third-order valence-corrected chi connectivity index (χ3v) is 5.85. The summed E-state index contributed by atoms with van der Waals surface area (Å²) in [7, 11) is -1.34. The first-order valence-corrected chi connectivity index (χ1v) is 9.12. The van der Waals surface area contributed by atoms with Crippen LogP contribution in [0.1, 0.15) is 10.4 Å². The van der Waals surface area contributed by atoms with E-state index < -0.39 is 15.9 Å². The summed E-state index contributed by atoms with van der Waals surface area (Å²) in [4.78, 5) is 20.9. The molecule has 0 spiro atoms. The fourth-order valence-corrected chi connectivity index (χ4v) is 3.21. The number of hydroxylamine groups is 1. The van der Waals surface area contributed by atoms with Crippen LogP contribution in [0.2, 0.25) is 5.15 Å². The highest BCUT2D eigenvalue weighted by atomic mass is 79.9. The standard InChI is InChI=1S/C14H13BrClN3O4S/c1-19(23-2)24(21,22)11-5-3-4-9(6-11)14(20)18-10-7-12(15)13(16)17-8-10/h3-8H,1-2H3,(H,18,20). The van der Waals surface area contributed by atoms with Crippen LogP contribution in [0.5, 0.6) is 0 Å². The van der Waals surface area contributed by atoms with E-state index in [-0.39, 0.29) is 15.6 Å². The minimum atomic E-state index is -3.84. The lowest BCUT2D eigenvalue weighted by atomic mass is 10.2. The first-order chi connectivity index (χ1) is 11.3. The Bertz CT molecular complexity index is 876. The van der Waals surface area contributed by atoms with E-state index in [1.54, 1.807) is 6.07 Å². The second-order valence-electron chi connectivity index (χ2n) is 4.58. The molecule has 0 bridgehead atoms. The van der Waals surface area contributed by atoms with Gasteiger partial charge in [-0.15, -0.1) is 0 Å². The predicted octanol–water partition coefficient (Wildman–Crippen LogP) is 2.93. The molecule has 0 aliphatic carbocycles. The summed E-state index contributed by atoms with van der Waals surface area (Å²) in [6.07, 6.45) is 1.39. The Morgan fingerprint density at radius 2 is 2.08 bits per heavy atom. The van der Waals surface area contributed by atoms with E-state index in [1.807, 2.05) is 0 Å². The maximum Gasteiger partial charge on any atom is 0.264 e. The summed E-state index contributed by atoms with van der Waals surface area (Å²) in [6.45, 7) is 0. The Morgan fingerprint density at radius 1 is 1.38 bits per heavy atom. The van der Waals surface area contributed by atoms with Crippen LogP contribution in [0.3, 0.4) is 0 Å². The number of hydrogen-bond donors (Lipinski definition) is 1. The smallest absolute Gasteiger partial charge is 0.264 e. The number of amides is 1. The number of anilines is 1. The van der Waals surface area contributed by atoms with Crippen molar-refractivity contribution in [1.82, 2.24) is 9.45 Å². The van der Waals surface area contributed by atoms with Crippen molar-refractivity contribution in [2.75, 3.05) is 19.5 Å². The number of rotatable bonds is 5. The van der Waals surface area contributed by atoms with Crippen molar-refractivity contribution in [2.45, 2.75) is 4.90 Å². The number of nitrogens with one attached hydrogen (secondary N) is 1. The largest absolute Gasteiger partial charge is 0.321 e. The zero-order valence-corrected chi connectivity index (χ0v) is 15.8. The second kappa shape index (κ2) is 7.58. The van der Waals surface area contributed by atoms with E-state index in [2.05, 4.69) is 26.2 Å². The van der Waals surface area contributed by atoms with Gasteiger partial charge in [0.25, 0.3) is 15.9 Å². The molecule has 0 atom stereocenters. The van der Waals surface area contributed by atoms with Crippen molar-refractivity contribution in [2.24, 2.45) is 0 Å². The molecule has 2 aromatic rings. The number of nitrogens with zero attached hydrogens (tertiary/aromatic N) is 2. The molecule has 7 nitrogen and oxygen atoms in total. The number of carbonyl (C=O) groups is 1. The van der Waals surface area contributed by atoms with Gasteiger partial charge in [-0.2, -0.15) is 0 Å². The summed E-state index contributed by atoms with van der Waals surface area (Å²) in [6, 6.07) is 7.20. The third-order valence-electron chi connectivity index (χ3n) is 3.04. The van der Waals surface area contributed by atoms with Crippen molar-refractivity contribution < 1.29 is 18.0 Å². The average molecular weight is 435 g/mol. The molecule has 1 aromatic carbocycles. The van der Waals surface area contributed by atoms with Crippen molar-refractivity contribution in [1.29, 1.82) is 0 Å². The number of carbonyl (C=O) groups excluding carboxylic acids is 1. The molecule has 0 fully saturated rings. The van der Waals surface area contributed by atoms with E-state index in [9.17, 15) is 13.2 Å². The SMILES string of the molecule is CON(C)S(=O)(=O)c1cccc(C(=O)Nc2cnc(Cl)c(Br)c2)c1. The number of halogens is 2. The van der Waals surface area contributed by atoms with E-state index in [0.717, 1.165) is 0 Å². The Morgan fingerprint density at radius 3 is 2.71 bits per heavy atom. The summed E-state index contributed by atoms with van der Waals surface area (Å²) in [5, 5.41) is 2.89. The predicted molar refractivity (Wildman–Crippen MR) is 93.3 cm³/mol. The van der Waals surface area contributed by atoms with Crippen molar-refractivity contribution in [3.8, 4) is 0 Å². The van der Waals surface area contributed by atoms with Gasteiger partial charge in [0.15, 0.2) is 0 Å². The fourth-order valence-electron chi connectivity index (χ4n) is 1.74. The van der Waals surface area contributed by atoms with Crippen molar-refractivity contribution in [3.63, 3.8) is 0 Å². The van der Waals surface area contributed by atoms with E-state index in [1.165, 1.54) is 44.6 Å². The molecule has 24 heavy (non-hydrogen) atoms. The Kier molecular flexibility index (Phi) is 5.94. The Labute approximate surface area is 152 Å². The molecule has 128 valence electrons. The van der Waals surface area contributed by atoms with Gasteiger partial charge in [-0.1, -0.05) is 22.1 Å². The van der Waals surface area contributed by atoms with Gasteiger partial charge in [0.05, 0.1) is 28.4 Å². The van der Waals surface area contributed by atoms with Crippen LogP contribution in [0.4, 0.5) is 5.69 Å². The monoisotopic (exact) mass is 433 g/mol. The minimum Gasteiger partial charge on any atom is -0.321 e. The van der Waals surface area contributed by atoms with E-state index in [0.29, 0.717) is 14.6 Å². The maximum absolute atomic E-state index is 12.3. The molecule has 1 N–H and O–H groups in total. The molecular weight excluding hydrogens is 422 g/mol. The van der Waals surface area contributed by atoms with Gasteiger partial charge in [-0.3, -0.25) is 9.63 Å². The van der Waals surface area contributed by atoms with E-state index >= 15 is 0 Å². The summed E-state index contributed by atoms with van der Waals surface area (Å²) >= 11 is 9.00. The van der Waals surface area contributed by atoms with Gasteiger partial charge < -0.3 is 5.32 Å². The van der Waals surface area contributed by atoms with Gasteiger partial charge >= 0.3 is 0 Å². The highest BCUT2D eigenvalue weighted by Crippen LogP contribution is 2.23. The molecule has 0 unspecified atom stereocenters. The highest BCUT2D eigenvalue weighted by molar-refractivity contribution is 9.10. The summed E-state index contributed by atoms with van der Waals surface area (Å²) < 4.78 is 25.7. The molecule has 0 aliphatic heterocycles. The number of sulfonamides is 1. The molecule has 0 saturated carbocycles. The number of benzene rings is 1. The zero-order valence-electron chi connectivity index (χ0n) is 12.7. The quantitative estimate of drug-likeness (QED) is 0.577. The van der Waals surface area contributed by atoms with Crippen LogP contribution < -0.4 is 5.32 Å². The molecule has 2 rings (SSSR count). The molecular formula is C14H13BrClN3O4S. The van der Waals surface area contributed by atoms with Gasteiger partial charge in [0.2, 0.25) is 0 Å². The lowest BCUT2D eigenvalue weighted by Crippen LogP contribution is -2.26. The first-order valence-electron chi connectivity index (χ1n) is 6.51. The minimum absolute atomic E-state index is 0.0603. The molecule has 0 radical (unpaired) electrons. The van der Waals surface area contributed by atoms with Crippen LogP contribution in [0.15, 0.2) is 45.9 Å². The fraction of sp³-hybridized carbons (Fsp3) is 0.143. The van der Waals surface area contributed by atoms with Crippen LogP contribution in [-0.2, 0) is 14.9 Å². The molecule has 1 aromatic heterocycles. The Hall–Kier alpha value is -1.52. The second-order valence-corrected chi connectivity index (χ2v) is 7.72. The maximum atomic E-state index is 12.3. The van der Waals surface area contributed by atoms with Crippen LogP contribution >= 0.6 is 27.5 Å². The molecule has 0 aliphatic rings. The zero-order chi connectivity index (χ0) is 17.9. The number of pyridine rings is 1. The normalized spacial score (nSPS) is 11.5. The topological polar surface area (TPSA) is 88.6 Å². The number of aromatic nitrogens is 1. The van der Waals surface area contributed by atoms with Crippen molar-refractivity contribution >= 4 is 49.1 Å². The first kappa shape index (κ1) is 18.8. The lowest BCUT2D eigenvalue weighted by Gasteiger charge is -2.14. The lowest BCUT2D eigenvalue weighted by molar-refractivity contribution is -0.0258. The summed E-state index contributed by atoms with van der Waals surface area (Å²) in [5.41, 5.74) is 0.588.